The summed E-state index contributed by atoms with van der Waals surface area (Å²) >= 11 is 5.44. The van der Waals surface area contributed by atoms with Gasteiger partial charge < -0.3 is 0 Å². The van der Waals surface area contributed by atoms with E-state index < -0.39 is 27.9 Å². The number of imide groups is 1. The molecule has 1 N–H and O–H groups in total. The normalized spacial score (nSPS) is 22.6. The molecule has 0 aliphatic carbocycles. The van der Waals surface area contributed by atoms with Crippen LogP contribution < -0.4 is 5.32 Å². The summed E-state index contributed by atoms with van der Waals surface area (Å²) in [4.78, 5) is 22.7. The molecule has 6 nitrogen and oxygen atoms in total. The van der Waals surface area contributed by atoms with Crippen LogP contribution in [0.15, 0.2) is 0 Å². The SMILES string of the molecule is CCC1C(=O)NC(=O)CN1S(=O)(=O)CCCCl. The lowest BCUT2D eigenvalue weighted by atomic mass is 10.2. The Balaban J connectivity index is 2.91. The van der Waals surface area contributed by atoms with Crippen LogP contribution in [0.25, 0.3) is 0 Å². The summed E-state index contributed by atoms with van der Waals surface area (Å²) in [6, 6.07) is -0.798. The van der Waals surface area contributed by atoms with Gasteiger partial charge in [0.05, 0.1) is 12.3 Å². The van der Waals surface area contributed by atoms with Gasteiger partial charge in [-0.05, 0) is 12.8 Å². The smallest absolute Gasteiger partial charge is 0.245 e. The van der Waals surface area contributed by atoms with Gasteiger partial charge in [-0.15, -0.1) is 11.6 Å². The molecule has 1 aliphatic rings. The molecule has 0 saturated carbocycles. The fourth-order valence-corrected chi connectivity index (χ4v) is 3.66. The number of sulfonamides is 1. The second-order valence-electron chi connectivity index (χ2n) is 3.74. The molecular weight excluding hydrogens is 268 g/mol. The molecule has 0 radical (unpaired) electrons. The molecule has 1 atom stereocenters. The number of amides is 2. The zero-order valence-corrected chi connectivity index (χ0v) is 11.1. The van der Waals surface area contributed by atoms with Crippen LogP contribution in [0, 0.1) is 0 Å². The molecule has 1 fully saturated rings. The predicted octanol–water partition coefficient (Wildman–Crippen LogP) is -0.318. The highest BCUT2D eigenvalue weighted by atomic mass is 35.5. The van der Waals surface area contributed by atoms with Crippen molar-refractivity contribution in [1.82, 2.24) is 9.62 Å². The van der Waals surface area contributed by atoms with Crippen LogP contribution in [0.2, 0.25) is 0 Å². The van der Waals surface area contributed by atoms with Crippen LogP contribution in [0.4, 0.5) is 0 Å². The molecule has 0 aromatic carbocycles. The molecule has 1 unspecified atom stereocenters. The number of carbonyl (C=O) groups excluding carboxylic acids is 2. The maximum atomic E-state index is 11.9. The first-order chi connectivity index (χ1) is 7.92. The monoisotopic (exact) mass is 282 g/mol. The van der Waals surface area contributed by atoms with E-state index in [1.165, 1.54) is 0 Å². The Labute approximate surface area is 105 Å². The molecule has 1 rings (SSSR count). The van der Waals surface area contributed by atoms with Gasteiger partial charge >= 0.3 is 0 Å². The van der Waals surface area contributed by atoms with Gasteiger partial charge in [0.1, 0.15) is 6.04 Å². The van der Waals surface area contributed by atoms with Crippen molar-refractivity contribution in [3.8, 4) is 0 Å². The van der Waals surface area contributed by atoms with Crippen molar-refractivity contribution in [3.63, 3.8) is 0 Å². The lowest BCUT2D eigenvalue weighted by Gasteiger charge is -2.32. The second kappa shape index (κ2) is 5.79. The van der Waals surface area contributed by atoms with Crippen molar-refractivity contribution in [2.24, 2.45) is 0 Å². The van der Waals surface area contributed by atoms with Crippen LogP contribution in [0.5, 0.6) is 0 Å². The standard InChI is InChI=1S/C9H15ClN2O4S/c1-2-7-9(14)11-8(13)6-12(7)17(15,16)5-3-4-10/h7H,2-6H2,1H3,(H,11,13,14). The van der Waals surface area contributed by atoms with Crippen LogP contribution >= 0.6 is 11.6 Å². The Morgan fingerprint density at radius 2 is 2.12 bits per heavy atom. The Kier molecular flexibility index (Phi) is 4.91. The topological polar surface area (TPSA) is 83.6 Å². The molecule has 0 bridgehead atoms. The summed E-state index contributed by atoms with van der Waals surface area (Å²) in [5, 5.41) is 2.13. The van der Waals surface area contributed by atoms with Crippen molar-refractivity contribution in [3.05, 3.63) is 0 Å². The number of hydrogen-bond donors (Lipinski definition) is 1. The first-order valence-corrected chi connectivity index (χ1v) is 7.46. The summed E-state index contributed by atoms with van der Waals surface area (Å²) in [7, 11) is -3.61. The highest BCUT2D eigenvalue weighted by Gasteiger charge is 2.39. The van der Waals surface area contributed by atoms with Crippen LogP contribution in [0.1, 0.15) is 19.8 Å². The van der Waals surface area contributed by atoms with Gasteiger partial charge in [0, 0.05) is 5.88 Å². The van der Waals surface area contributed by atoms with Gasteiger partial charge in [-0.2, -0.15) is 4.31 Å². The highest BCUT2D eigenvalue weighted by Crippen LogP contribution is 2.15. The molecule has 17 heavy (non-hydrogen) atoms. The minimum atomic E-state index is -3.61. The second-order valence-corrected chi connectivity index (χ2v) is 6.16. The zero-order chi connectivity index (χ0) is 13.1. The number of carbonyl (C=O) groups is 2. The Morgan fingerprint density at radius 3 is 2.65 bits per heavy atom. The van der Waals surface area contributed by atoms with E-state index in [1.807, 2.05) is 0 Å². The fourth-order valence-electron chi connectivity index (χ4n) is 1.68. The van der Waals surface area contributed by atoms with E-state index in [0.717, 1.165) is 4.31 Å². The minimum absolute atomic E-state index is 0.145. The van der Waals surface area contributed by atoms with Crippen molar-refractivity contribution in [2.75, 3.05) is 18.2 Å². The maximum Gasteiger partial charge on any atom is 0.245 e. The molecular formula is C9H15ClN2O4S. The third-order valence-corrected chi connectivity index (χ3v) is 4.66. The summed E-state index contributed by atoms with van der Waals surface area (Å²) in [6.07, 6.45) is 0.631. The van der Waals surface area contributed by atoms with Gasteiger partial charge in [-0.25, -0.2) is 8.42 Å². The molecule has 1 heterocycles. The largest absolute Gasteiger partial charge is 0.294 e. The van der Waals surface area contributed by atoms with E-state index in [9.17, 15) is 18.0 Å². The summed E-state index contributed by atoms with van der Waals surface area (Å²) < 4.78 is 24.9. The molecule has 0 aromatic heterocycles. The lowest BCUT2D eigenvalue weighted by molar-refractivity contribution is -0.137. The van der Waals surface area contributed by atoms with Crippen LogP contribution in [-0.2, 0) is 19.6 Å². The van der Waals surface area contributed by atoms with E-state index in [2.05, 4.69) is 5.32 Å². The third-order valence-electron chi connectivity index (χ3n) is 2.49. The van der Waals surface area contributed by atoms with Crippen molar-refractivity contribution in [2.45, 2.75) is 25.8 Å². The van der Waals surface area contributed by atoms with Crippen molar-refractivity contribution in [1.29, 1.82) is 0 Å². The van der Waals surface area contributed by atoms with Gasteiger partial charge in [0.25, 0.3) is 0 Å². The van der Waals surface area contributed by atoms with E-state index in [-0.39, 0.29) is 18.2 Å². The van der Waals surface area contributed by atoms with Gasteiger partial charge in [-0.3, -0.25) is 14.9 Å². The average Bonchev–Trinajstić information content (AvgIpc) is 2.25. The Hall–Kier alpha value is -0.660. The number of rotatable bonds is 5. The predicted molar refractivity (Wildman–Crippen MR) is 63.1 cm³/mol. The number of nitrogens with zero attached hydrogens (tertiary/aromatic N) is 1. The molecule has 0 spiro atoms. The van der Waals surface area contributed by atoms with E-state index in [4.69, 9.17) is 11.6 Å². The van der Waals surface area contributed by atoms with Crippen LogP contribution in [-0.4, -0.2) is 48.8 Å². The summed E-state index contributed by atoms with van der Waals surface area (Å²) in [5.41, 5.74) is 0. The van der Waals surface area contributed by atoms with Crippen molar-refractivity contribution >= 4 is 33.4 Å². The number of nitrogens with one attached hydrogen (secondary N) is 1. The number of halogens is 1. The number of hydrogen-bond acceptors (Lipinski definition) is 4. The Bertz CT molecular complexity index is 409. The first-order valence-electron chi connectivity index (χ1n) is 5.31. The van der Waals surface area contributed by atoms with Gasteiger partial charge in [0.2, 0.25) is 21.8 Å². The van der Waals surface area contributed by atoms with Gasteiger partial charge in [0.15, 0.2) is 0 Å². The first kappa shape index (κ1) is 14.4. The van der Waals surface area contributed by atoms with E-state index in [0.29, 0.717) is 12.8 Å². The molecule has 0 aromatic rings. The highest BCUT2D eigenvalue weighted by molar-refractivity contribution is 7.89. The lowest BCUT2D eigenvalue weighted by Crippen LogP contribution is -2.59. The van der Waals surface area contributed by atoms with E-state index >= 15 is 0 Å². The molecule has 1 aliphatic heterocycles. The van der Waals surface area contributed by atoms with Crippen LogP contribution in [0.3, 0.4) is 0 Å². The zero-order valence-electron chi connectivity index (χ0n) is 9.48. The fraction of sp³-hybridized carbons (Fsp3) is 0.778. The summed E-state index contributed by atoms with van der Waals surface area (Å²) in [5.74, 6) is -1.07. The average molecular weight is 283 g/mol. The minimum Gasteiger partial charge on any atom is -0.294 e. The van der Waals surface area contributed by atoms with E-state index in [1.54, 1.807) is 6.92 Å². The van der Waals surface area contributed by atoms with Crippen molar-refractivity contribution < 1.29 is 18.0 Å². The molecule has 1 saturated heterocycles. The molecule has 98 valence electrons. The number of alkyl halides is 1. The molecule has 8 heteroatoms. The quantitative estimate of drug-likeness (QED) is 0.553. The Morgan fingerprint density at radius 1 is 1.47 bits per heavy atom. The third kappa shape index (κ3) is 3.40. The molecule has 2 amide bonds. The maximum absolute atomic E-state index is 11.9. The van der Waals surface area contributed by atoms with Gasteiger partial charge in [-0.1, -0.05) is 6.92 Å². The number of piperazine rings is 1. The summed E-state index contributed by atoms with van der Waals surface area (Å²) in [6.45, 7) is 1.40.